The van der Waals surface area contributed by atoms with E-state index >= 15 is 0 Å². The minimum absolute atomic E-state index is 0.646. The Balaban J connectivity index is 3.52. The van der Waals surface area contributed by atoms with Crippen LogP contribution in [0.3, 0.4) is 0 Å². The standard InChI is InChI=1S/C3H7FO3S/c4-1-3(2-5)8(6)7/h3,5H,1-2H2,(H,6,7)/p-1/t3-/m1/s1. The fraction of sp³-hybridized carbons (Fsp3) is 1.00. The molecule has 0 aliphatic carbocycles. The maximum absolute atomic E-state index is 11.4. The highest BCUT2D eigenvalue weighted by atomic mass is 32.2. The highest BCUT2D eigenvalue weighted by Gasteiger charge is 2.04. The van der Waals surface area contributed by atoms with Crippen molar-refractivity contribution >= 4 is 11.1 Å². The second-order valence-corrected chi connectivity index (χ2v) is 2.41. The van der Waals surface area contributed by atoms with Gasteiger partial charge >= 0.3 is 0 Å². The molecule has 0 saturated heterocycles. The van der Waals surface area contributed by atoms with Gasteiger partial charge < -0.3 is 9.66 Å². The quantitative estimate of drug-likeness (QED) is 0.523. The zero-order valence-corrected chi connectivity index (χ0v) is 4.86. The Hall–Kier alpha value is -0.0000000000000000555. The second kappa shape index (κ2) is 3.94. The summed E-state index contributed by atoms with van der Waals surface area (Å²) in [6.45, 7) is -1.67. The summed E-state index contributed by atoms with van der Waals surface area (Å²) >= 11 is -2.48. The summed E-state index contributed by atoms with van der Waals surface area (Å²) in [5, 5.41) is 6.82. The van der Waals surface area contributed by atoms with E-state index in [9.17, 15) is 13.2 Å². The largest absolute Gasteiger partial charge is 0.772 e. The molecule has 0 aromatic rings. The minimum atomic E-state index is -2.48. The molecule has 0 heterocycles. The lowest BCUT2D eigenvalue weighted by Gasteiger charge is -2.11. The molecule has 50 valence electrons. The summed E-state index contributed by atoms with van der Waals surface area (Å²) in [6.07, 6.45) is 0. The maximum atomic E-state index is 11.4. The molecule has 1 unspecified atom stereocenters. The molecule has 0 radical (unpaired) electrons. The third-order valence-electron chi connectivity index (χ3n) is 0.648. The molecule has 0 saturated carbocycles. The van der Waals surface area contributed by atoms with Crippen LogP contribution in [0.4, 0.5) is 4.39 Å². The van der Waals surface area contributed by atoms with Crippen LogP contribution in [0.1, 0.15) is 0 Å². The predicted molar refractivity (Wildman–Crippen MR) is 25.8 cm³/mol. The molecule has 0 bridgehead atoms. The Kier molecular flexibility index (Phi) is 3.94. The van der Waals surface area contributed by atoms with Gasteiger partial charge in [0.2, 0.25) is 0 Å². The van der Waals surface area contributed by atoms with Gasteiger partial charge in [-0.25, -0.2) is 4.39 Å². The molecule has 0 spiro atoms. The molecule has 0 aliphatic rings. The maximum Gasteiger partial charge on any atom is 0.105 e. The van der Waals surface area contributed by atoms with Crippen molar-refractivity contribution in [2.75, 3.05) is 13.3 Å². The summed E-state index contributed by atoms with van der Waals surface area (Å²) in [5.41, 5.74) is 0. The number of hydrogen-bond donors (Lipinski definition) is 1. The van der Waals surface area contributed by atoms with E-state index in [0.717, 1.165) is 0 Å². The lowest BCUT2D eigenvalue weighted by atomic mass is 10.5. The van der Waals surface area contributed by atoms with Crippen LogP contribution in [0.5, 0.6) is 0 Å². The van der Waals surface area contributed by atoms with Crippen LogP contribution in [-0.2, 0) is 11.1 Å². The summed E-state index contributed by atoms with van der Waals surface area (Å²) in [6, 6.07) is 0. The lowest BCUT2D eigenvalue weighted by molar-refractivity contribution is 0.268. The van der Waals surface area contributed by atoms with E-state index in [2.05, 4.69) is 0 Å². The van der Waals surface area contributed by atoms with Gasteiger partial charge in [-0.3, -0.25) is 4.21 Å². The van der Waals surface area contributed by atoms with E-state index < -0.39 is 29.6 Å². The summed E-state index contributed by atoms with van der Waals surface area (Å²) in [7, 11) is 0. The van der Waals surface area contributed by atoms with Gasteiger partial charge in [-0.15, -0.1) is 0 Å². The van der Waals surface area contributed by atoms with Crippen molar-refractivity contribution in [3.8, 4) is 0 Å². The number of halogens is 1. The van der Waals surface area contributed by atoms with Crippen LogP contribution < -0.4 is 0 Å². The van der Waals surface area contributed by atoms with Crippen molar-refractivity contribution in [2.45, 2.75) is 5.25 Å². The molecule has 2 atom stereocenters. The van der Waals surface area contributed by atoms with Gasteiger partial charge in [0.05, 0.1) is 11.9 Å². The minimum Gasteiger partial charge on any atom is -0.772 e. The van der Waals surface area contributed by atoms with Gasteiger partial charge in [0, 0.05) is 0 Å². The smallest absolute Gasteiger partial charge is 0.105 e. The van der Waals surface area contributed by atoms with Crippen molar-refractivity contribution in [1.29, 1.82) is 0 Å². The highest BCUT2D eigenvalue weighted by Crippen LogP contribution is 1.91. The van der Waals surface area contributed by atoms with Gasteiger partial charge in [0.1, 0.15) is 6.67 Å². The molecule has 5 heteroatoms. The fourth-order valence-corrected chi connectivity index (χ4v) is 0.386. The molecule has 0 rings (SSSR count). The topological polar surface area (TPSA) is 60.4 Å². The van der Waals surface area contributed by atoms with Gasteiger partial charge in [0.15, 0.2) is 0 Å². The highest BCUT2D eigenvalue weighted by molar-refractivity contribution is 7.79. The van der Waals surface area contributed by atoms with Gasteiger partial charge in [-0.1, -0.05) is 0 Å². The molecule has 0 aromatic heterocycles. The van der Waals surface area contributed by atoms with E-state index in [1.165, 1.54) is 0 Å². The molecular weight excluding hydrogens is 135 g/mol. The first-order valence-corrected chi connectivity index (χ1v) is 3.11. The number of aliphatic hydroxyl groups is 1. The molecule has 0 amide bonds. The first kappa shape index (κ1) is 8.00. The van der Waals surface area contributed by atoms with E-state index in [1.54, 1.807) is 0 Å². The first-order chi connectivity index (χ1) is 3.72. The Morgan fingerprint density at radius 1 is 1.88 bits per heavy atom. The van der Waals surface area contributed by atoms with E-state index in [-0.39, 0.29) is 0 Å². The van der Waals surface area contributed by atoms with Crippen LogP contribution in [0.15, 0.2) is 0 Å². The molecule has 0 aliphatic heterocycles. The van der Waals surface area contributed by atoms with Crippen LogP contribution in [0.25, 0.3) is 0 Å². The average molecular weight is 141 g/mol. The Labute approximate surface area is 48.8 Å². The van der Waals surface area contributed by atoms with Crippen molar-refractivity contribution in [3.05, 3.63) is 0 Å². The van der Waals surface area contributed by atoms with E-state index in [0.29, 0.717) is 0 Å². The summed E-state index contributed by atoms with van der Waals surface area (Å²) in [4.78, 5) is 0. The Bertz CT molecular complexity index is 82.6. The molecule has 0 fully saturated rings. The van der Waals surface area contributed by atoms with Crippen LogP contribution >= 0.6 is 0 Å². The van der Waals surface area contributed by atoms with Crippen LogP contribution in [-0.4, -0.2) is 32.4 Å². The summed E-state index contributed by atoms with van der Waals surface area (Å²) < 4.78 is 30.9. The number of rotatable bonds is 3. The van der Waals surface area contributed by atoms with E-state index in [4.69, 9.17) is 5.11 Å². The normalized spacial score (nSPS) is 17.9. The van der Waals surface area contributed by atoms with Crippen molar-refractivity contribution < 1.29 is 18.3 Å². The SMILES string of the molecule is O=S([O-])[C@@H](CO)CF. The Morgan fingerprint density at radius 2 is 2.38 bits per heavy atom. The average Bonchev–Trinajstić information content (AvgIpc) is 1.69. The van der Waals surface area contributed by atoms with E-state index in [1.807, 2.05) is 0 Å². The van der Waals surface area contributed by atoms with Crippen molar-refractivity contribution in [2.24, 2.45) is 0 Å². The third kappa shape index (κ3) is 2.34. The van der Waals surface area contributed by atoms with Crippen molar-refractivity contribution in [3.63, 3.8) is 0 Å². The van der Waals surface area contributed by atoms with Gasteiger partial charge in [0.25, 0.3) is 0 Å². The molecular formula is C3H6FO3S-. The zero-order chi connectivity index (χ0) is 6.57. The zero-order valence-electron chi connectivity index (χ0n) is 4.04. The monoisotopic (exact) mass is 141 g/mol. The van der Waals surface area contributed by atoms with Crippen LogP contribution in [0.2, 0.25) is 0 Å². The lowest BCUT2D eigenvalue weighted by Crippen LogP contribution is -2.21. The van der Waals surface area contributed by atoms with Crippen molar-refractivity contribution in [1.82, 2.24) is 0 Å². The first-order valence-electron chi connectivity index (χ1n) is 1.97. The molecule has 0 aromatic carbocycles. The number of alkyl halides is 1. The second-order valence-electron chi connectivity index (χ2n) is 1.22. The fourth-order valence-electron chi connectivity index (χ4n) is 0.161. The molecule has 1 N–H and O–H groups in total. The molecule has 3 nitrogen and oxygen atoms in total. The number of aliphatic hydroxyl groups excluding tert-OH is 1. The third-order valence-corrected chi connectivity index (χ3v) is 1.47. The predicted octanol–water partition coefficient (Wildman–Crippen LogP) is -0.804. The Morgan fingerprint density at radius 3 is 2.38 bits per heavy atom. The van der Waals surface area contributed by atoms with Crippen LogP contribution in [0, 0.1) is 0 Å². The molecule has 8 heavy (non-hydrogen) atoms. The van der Waals surface area contributed by atoms with Gasteiger partial charge in [-0.2, -0.15) is 0 Å². The van der Waals surface area contributed by atoms with Gasteiger partial charge in [-0.05, 0) is 11.1 Å². The summed E-state index contributed by atoms with van der Waals surface area (Å²) in [5.74, 6) is 0. The number of hydrogen-bond acceptors (Lipinski definition) is 3.